The van der Waals surface area contributed by atoms with Gasteiger partial charge in [-0.25, -0.2) is 9.67 Å². The van der Waals surface area contributed by atoms with Gasteiger partial charge in [-0.3, -0.25) is 0 Å². The number of nitrogens with zero attached hydrogens (tertiary/aromatic N) is 3. The summed E-state index contributed by atoms with van der Waals surface area (Å²) in [6.45, 7) is 9.53. The third-order valence-corrected chi connectivity index (χ3v) is 3.78. The summed E-state index contributed by atoms with van der Waals surface area (Å²) in [5, 5.41) is 8.17. The molecule has 4 nitrogen and oxygen atoms in total. The highest BCUT2D eigenvalue weighted by Gasteiger charge is 2.31. The van der Waals surface area contributed by atoms with E-state index in [1.165, 1.54) is 29.7 Å². The highest BCUT2D eigenvalue weighted by Crippen LogP contribution is 2.42. The molecule has 0 radical (unpaired) electrons. The number of aromatic nitrogens is 3. The first-order chi connectivity index (χ1) is 9.94. The van der Waals surface area contributed by atoms with Gasteiger partial charge in [0.2, 0.25) is 0 Å². The first kappa shape index (κ1) is 14.3. The molecule has 1 aliphatic carbocycles. The Bertz CT molecular complexity index is 632. The van der Waals surface area contributed by atoms with Gasteiger partial charge < -0.3 is 5.32 Å². The first-order valence-corrected chi connectivity index (χ1v) is 7.69. The lowest BCUT2D eigenvalue weighted by Crippen LogP contribution is -2.35. The van der Waals surface area contributed by atoms with E-state index in [9.17, 15) is 0 Å². The van der Waals surface area contributed by atoms with E-state index < -0.39 is 0 Å². The minimum absolute atomic E-state index is 0.116. The lowest BCUT2D eigenvalue weighted by Gasteiger charge is -2.20. The summed E-state index contributed by atoms with van der Waals surface area (Å²) in [4.78, 5) is 4.48. The van der Waals surface area contributed by atoms with Crippen molar-refractivity contribution in [3.05, 3.63) is 41.3 Å². The van der Waals surface area contributed by atoms with Gasteiger partial charge in [-0.2, -0.15) is 5.10 Å². The highest BCUT2D eigenvalue weighted by molar-refractivity contribution is 5.35. The Kier molecular flexibility index (Phi) is 3.57. The summed E-state index contributed by atoms with van der Waals surface area (Å²) in [7, 11) is 0. The maximum atomic E-state index is 4.60. The van der Waals surface area contributed by atoms with Crippen molar-refractivity contribution in [2.24, 2.45) is 0 Å². The van der Waals surface area contributed by atoms with E-state index in [0.29, 0.717) is 5.92 Å². The van der Waals surface area contributed by atoms with Crippen molar-refractivity contribution in [1.82, 2.24) is 20.1 Å². The lowest BCUT2D eigenvalue weighted by molar-refractivity contribution is 0.423. The number of aryl methyl sites for hydroxylation is 1. The number of pyridine rings is 1. The summed E-state index contributed by atoms with van der Waals surface area (Å²) >= 11 is 0. The van der Waals surface area contributed by atoms with Gasteiger partial charge in [0, 0.05) is 29.8 Å². The molecule has 2 heterocycles. The van der Waals surface area contributed by atoms with Crippen LogP contribution in [0.3, 0.4) is 0 Å². The van der Waals surface area contributed by atoms with Crippen LogP contribution in [-0.4, -0.2) is 20.3 Å². The molecule has 2 aromatic rings. The normalized spacial score (nSPS) is 15.4. The molecule has 2 aromatic heterocycles. The zero-order valence-corrected chi connectivity index (χ0v) is 13.3. The Morgan fingerprint density at radius 2 is 2.10 bits per heavy atom. The van der Waals surface area contributed by atoms with Crippen LogP contribution in [0.25, 0.3) is 5.82 Å². The zero-order chi connectivity index (χ0) is 15.0. The van der Waals surface area contributed by atoms with Crippen molar-refractivity contribution in [3.8, 4) is 5.82 Å². The second kappa shape index (κ2) is 5.26. The van der Waals surface area contributed by atoms with Crippen molar-refractivity contribution in [3.63, 3.8) is 0 Å². The average Bonchev–Trinajstić information content (AvgIpc) is 3.15. The maximum absolute atomic E-state index is 4.60. The number of nitrogens with one attached hydrogen (secondary N) is 1. The third kappa shape index (κ3) is 3.32. The molecule has 1 aliphatic rings. The maximum Gasteiger partial charge on any atom is 0.153 e. The smallest absolute Gasteiger partial charge is 0.153 e. The summed E-state index contributed by atoms with van der Waals surface area (Å²) in [6, 6.07) is 4.12. The van der Waals surface area contributed by atoms with Crippen molar-refractivity contribution in [2.75, 3.05) is 0 Å². The Labute approximate surface area is 126 Å². The second-order valence-corrected chi connectivity index (χ2v) is 7.04. The van der Waals surface area contributed by atoms with Crippen molar-refractivity contribution < 1.29 is 0 Å². The molecule has 0 aromatic carbocycles. The molecule has 0 atom stereocenters. The lowest BCUT2D eigenvalue weighted by atomic mass is 10.1. The predicted octanol–water partition coefficient (Wildman–Crippen LogP) is 3.34. The van der Waals surface area contributed by atoms with Crippen LogP contribution in [0.15, 0.2) is 24.5 Å². The molecular formula is C17H24N4. The van der Waals surface area contributed by atoms with Crippen molar-refractivity contribution in [1.29, 1.82) is 0 Å². The molecular weight excluding hydrogens is 260 g/mol. The monoisotopic (exact) mass is 284 g/mol. The zero-order valence-electron chi connectivity index (χ0n) is 13.3. The molecule has 0 unspecified atom stereocenters. The quantitative estimate of drug-likeness (QED) is 0.936. The number of hydrogen-bond acceptors (Lipinski definition) is 3. The molecule has 1 fully saturated rings. The Hall–Kier alpha value is -1.68. The van der Waals surface area contributed by atoms with Crippen LogP contribution in [-0.2, 0) is 6.54 Å². The van der Waals surface area contributed by atoms with Crippen molar-refractivity contribution in [2.45, 2.75) is 58.5 Å². The number of hydrogen-bond donors (Lipinski definition) is 1. The Balaban J connectivity index is 1.93. The van der Waals surface area contributed by atoms with Gasteiger partial charge >= 0.3 is 0 Å². The van der Waals surface area contributed by atoms with E-state index in [2.05, 4.69) is 49.2 Å². The molecule has 112 valence electrons. The largest absolute Gasteiger partial charge is 0.308 e. The first-order valence-electron chi connectivity index (χ1n) is 7.69. The van der Waals surface area contributed by atoms with Crippen LogP contribution in [0.1, 0.15) is 56.4 Å². The number of rotatable bonds is 4. The minimum Gasteiger partial charge on any atom is -0.308 e. The molecule has 4 heteroatoms. The topological polar surface area (TPSA) is 42.7 Å². The van der Waals surface area contributed by atoms with Gasteiger partial charge in [0.1, 0.15) is 0 Å². The van der Waals surface area contributed by atoms with Crippen LogP contribution in [0.5, 0.6) is 0 Å². The summed E-state index contributed by atoms with van der Waals surface area (Å²) in [6.07, 6.45) is 6.38. The standard InChI is InChI=1S/C17H24N4/c1-12-7-8-18-15(9-12)21-16(13-5-6-13)14(11-20-21)10-19-17(2,3)4/h7-9,11,13,19H,5-6,10H2,1-4H3. The fourth-order valence-corrected chi connectivity index (χ4v) is 2.50. The van der Waals surface area contributed by atoms with Crippen LogP contribution in [0, 0.1) is 6.92 Å². The molecule has 0 aliphatic heterocycles. The van der Waals surface area contributed by atoms with E-state index in [4.69, 9.17) is 0 Å². The Morgan fingerprint density at radius 3 is 2.71 bits per heavy atom. The molecule has 0 spiro atoms. The highest BCUT2D eigenvalue weighted by atomic mass is 15.3. The third-order valence-electron chi connectivity index (χ3n) is 3.78. The fraction of sp³-hybridized carbons (Fsp3) is 0.529. The van der Waals surface area contributed by atoms with Gasteiger partial charge in [0.05, 0.1) is 11.9 Å². The minimum atomic E-state index is 0.116. The SMILES string of the molecule is Cc1ccnc(-n2ncc(CNC(C)(C)C)c2C2CC2)c1. The molecule has 0 saturated heterocycles. The van der Waals surface area contributed by atoms with Gasteiger partial charge in [0.25, 0.3) is 0 Å². The van der Waals surface area contributed by atoms with Crippen LogP contribution in [0.4, 0.5) is 0 Å². The molecule has 0 amide bonds. The van der Waals surface area contributed by atoms with Crippen molar-refractivity contribution >= 4 is 0 Å². The molecule has 1 saturated carbocycles. The van der Waals surface area contributed by atoms with Gasteiger partial charge in [-0.05, 0) is 58.2 Å². The predicted molar refractivity (Wildman–Crippen MR) is 84.7 cm³/mol. The van der Waals surface area contributed by atoms with E-state index in [1.807, 2.05) is 23.1 Å². The molecule has 21 heavy (non-hydrogen) atoms. The molecule has 0 bridgehead atoms. The van der Waals surface area contributed by atoms with Gasteiger partial charge in [0.15, 0.2) is 5.82 Å². The van der Waals surface area contributed by atoms with E-state index in [0.717, 1.165) is 12.4 Å². The summed E-state index contributed by atoms with van der Waals surface area (Å²) in [5.74, 6) is 1.57. The average molecular weight is 284 g/mol. The Morgan fingerprint density at radius 1 is 1.33 bits per heavy atom. The second-order valence-electron chi connectivity index (χ2n) is 7.04. The molecule has 1 N–H and O–H groups in total. The van der Waals surface area contributed by atoms with Crippen LogP contribution >= 0.6 is 0 Å². The fourth-order valence-electron chi connectivity index (χ4n) is 2.50. The van der Waals surface area contributed by atoms with Crippen LogP contribution < -0.4 is 5.32 Å². The summed E-state index contributed by atoms with van der Waals surface area (Å²) < 4.78 is 2.03. The van der Waals surface area contributed by atoms with Crippen LogP contribution in [0.2, 0.25) is 0 Å². The van der Waals surface area contributed by atoms with Gasteiger partial charge in [-0.1, -0.05) is 0 Å². The molecule has 3 rings (SSSR count). The summed E-state index contributed by atoms with van der Waals surface area (Å²) in [5.41, 5.74) is 3.97. The van der Waals surface area contributed by atoms with E-state index >= 15 is 0 Å². The van der Waals surface area contributed by atoms with Gasteiger partial charge in [-0.15, -0.1) is 0 Å². The van der Waals surface area contributed by atoms with E-state index in [-0.39, 0.29) is 5.54 Å². The van der Waals surface area contributed by atoms with E-state index in [1.54, 1.807) is 0 Å².